The summed E-state index contributed by atoms with van der Waals surface area (Å²) in [7, 11) is 1.62. The predicted octanol–water partition coefficient (Wildman–Crippen LogP) is 2.34. The van der Waals surface area contributed by atoms with Crippen LogP contribution in [-0.4, -0.2) is 31.2 Å². The summed E-state index contributed by atoms with van der Waals surface area (Å²) >= 11 is 6.38. The van der Waals surface area contributed by atoms with Gasteiger partial charge in [-0.05, 0) is 69.0 Å². The number of carboxylic acid groups (broad SMARTS) is 1. The number of carbonyl (C=O) groups excluding carboxylic acids is 1. The molecule has 134 valence electrons. The van der Waals surface area contributed by atoms with Gasteiger partial charge < -0.3 is 20.0 Å². The summed E-state index contributed by atoms with van der Waals surface area (Å²) in [6.45, 7) is 1.45. The van der Waals surface area contributed by atoms with Crippen LogP contribution in [0.2, 0.25) is 5.02 Å². The van der Waals surface area contributed by atoms with E-state index in [0.717, 1.165) is 41.7 Å². The van der Waals surface area contributed by atoms with Crippen LogP contribution in [0.4, 0.5) is 0 Å². The van der Waals surface area contributed by atoms with E-state index < -0.39 is 11.4 Å². The molecule has 0 aliphatic carbocycles. The number of nitrogens with zero attached hydrogens (tertiary/aromatic N) is 1. The standard InChI is InChI=1S/C19H23ClN2O3/c1-25-13-4-5-17-15(11-13)14(16(20)12-22-17)3-2-6-19(18(23)24)7-9-21-10-8-19/h4-5,11-12,21H,2-3,6-10H2,1H3,(H,23,24)/p-1. The molecule has 1 aliphatic rings. The molecule has 1 fully saturated rings. The summed E-state index contributed by atoms with van der Waals surface area (Å²) in [6.07, 6.45) is 4.94. The van der Waals surface area contributed by atoms with Gasteiger partial charge >= 0.3 is 0 Å². The number of aryl methyl sites for hydroxylation is 1. The van der Waals surface area contributed by atoms with Gasteiger partial charge in [-0.2, -0.15) is 0 Å². The summed E-state index contributed by atoms with van der Waals surface area (Å²) < 4.78 is 5.30. The number of rotatable bonds is 6. The van der Waals surface area contributed by atoms with Crippen LogP contribution in [0.25, 0.3) is 10.9 Å². The number of pyridine rings is 1. The maximum absolute atomic E-state index is 11.7. The molecule has 0 amide bonds. The van der Waals surface area contributed by atoms with Gasteiger partial charge in [-0.3, -0.25) is 4.98 Å². The first-order valence-electron chi connectivity index (χ1n) is 8.59. The van der Waals surface area contributed by atoms with Gasteiger partial charge in [-0.25, -0.2) is 0 Å². The highest BCUT2D eigenvalue weighted by atomic mass is 35.5. The third kappa shape index (κ3) is 3.72. The van der Waals surface area contributed by atoms with E-state index in [4.69, 9.17) is 16.3 Å². The fourth-order valence-electron chi connectivity index (χ4n) is 3.65. The number of carboxylic acids is 1. The van der Waals surface area contributed by atoms with E-state index in [0.29, 0.717) is 30.7 Å². The Kier molecular flexibility index (Phi) is 5.45. The molecule has 1 aliphatic heterocycles. The zero-order valence-electron chi connectivity index (χ0n) is 14.3. The zero-order chi connectivity index (χ0) is 17.9. The first-order valence-corrected chi connectivity index (χ1v) is 8.97. The predicted molar refractivity (Wildman–Crippen MR) is 95.8 cm³/mol. The summed E-state index contributed by atoms with van der Waals surface area (Å²) in [5.74, 6) is -0.177. The number of methoxy groups -OCH3 is 1. The fraction of sp³-hybridized carbons (Fsp3) is 0.474. The van der Waals surface area contributed by atoms with Crippen LogP contribution in [0.15, 0.2) is 24.4 Å². The Morgan fingerprint density at radius 3 is 2.84 bits per heavy atom. The van der Waals surface area contributed by atoms with Crippen molar-refractivity contribution in [3.05, 3.63) is 35.0 Å². The molecule has 0 spiro atoms. The summed E-state index contributed by atoms with van der Waals surface area (Å²) in [6, 6.07) is 5.71. The van der Waals surface area contributed by atoms with Gasteiger partial charge in [0.25, 0.3) is 0 Å². The molecule has 6 heteroatoms. The number of nitrogens with one attached hydrogen (secondary N) is 1. The molecule has 1 aromatic heterocycles. The normalized spacial score (nSPS) is 16.7. The molecular formula is C19H22ClN2O3-. The van der Waals surface area contributed by atoms with Crippen molar-refractivity contribution in [2.45, 2.75) is 32.1 Å². The molecule has 0 unspecified atom stereocenters. The van der Waals surface area contributed by atoms with Gasteiger partial charge in [0, 0.05) is 23.0 Å². The third-order valence-electron chi connectivity index (χ3n) is 5.21. The number of fused-ring (bicyclic) bond motifs is 1. The molecule has 2 aromatic rings. The van der Waals surface area contributed by atoms with Crippen molar-refractivity contribution in [1.29, 1.82) is 0 Å². The lowest BCUT2D eigenvalue weighted by atomic mass is 9.75. The summed E-state index contributed by atoms with van der Waals surface area (Å²) in [4.78, 5) is 16.0. The highest BCUT2D eigenvalue weighted by molar-refractivity contribution is 6.32. The average molecular weight is 362 g/mol. The number of carbonyl (C=O) groups is 1. The van der Waals surface area contributed by atoms with Gasteiger partial charge in [0.15, 0.2) is 0 Å². The molecule has 3 rings (SSSR count). The van der Waals surface area contributed by atoms with Crippen molar-refractivity contribution >= 4 is 28.5 Å². The quantitative estimate of drug-likeness (QED) is 0.854. The van der Waals surface area contributed by atoms with Crippen molar-refractivity contribution in [2.24, 2.45) is 5.41 Å². The molecule has 1 saturated heterocycles. The minimum absolute atomic E-state index is 0.598. The number of hydrogen-bond acceptors (Lipinski definition) is 5. The highest BCUT2D eigenvalue weighted by Crippen LogP contribution is 2.35. The average Bonchev–Trinajstić information content (AvgIpc) is 2.63. The van der Waals surface area contributed by atoms with E-state index in [1.54, 1.807) is 13.3 Å². The molecule has 0 radical (unpaired) electrons. The molecule has 1 N–H and O–H groups in total. The van der Waals surface area contributed by atoms with Crippen molar-refractivity contribution < 1.29 is 14.6 Å². The lowest BCUT2D eigenvalue weighted by Crippen LogP contribution is -2.48. The highest BCUT2D eigenvalue weighted by Gasteiger charge is 2.33. The van der Waals surface area contributed by atoms with Crippen LogP contribution in [0, 0.1) is 5.41 Å². The van der Waals surface area contributed by atoms with Gasteiger partial charge in [-0.15, -0.1) is 0 Å². The van der Waals surface area contributed by atoms with Crippen LogP contribution in [0.1, 0.15) is 31.2 Å². The van der Waals surface area contributed by atoms with Gasteiger partial charge in [-0.1, -0.05) is 11.6 Å². The second kappa shape index (κ2) is 7.58. The van der Waals surface area contributed by atoms with E-state index in [2.05, 4.69) is 10.3 Å². The smallest absolute Gasteiger partial charge is 0.119 e. The van der Waals surface area contributed by atoms with Crippen LogP contribution >= 0.6 is 11.6 Å². The Balaban J connectivity index is 1.80. The van der Waals surface area contributed by atoms with Gasteiger partial charge in [0.2, 0.25) is 0 Å². The second-order valence-electron chi connectivity index (χ2n) is 6.64. The maximum Gasteiger partial charge on any atom is 0.119 e. The van der Waals surface area contributed by atoms with Crippen molar-refractivity contribution in [1.82, 2.24) is 10.3 Å². The first kappa shape index (κ1) is 18.0. The molecule has 0 atom stereocenters. The molecule has 25 heavy (non-hydrogen) atoms. The van der Waals surface area contributed by atoms with E-state index in [1.807, 2.05) is 18.2 Å². The number of aromatic nitrogens is 1. The number of halogens is 1. The topological polar surface area (TPSA) is 74.3 Å². The Morgan fingerprint density at radius 1 is 1.40 bits per heavy atom. The Labute approximate surface area is 152 Å². The Morgan fingerprint density at radius 2 is 2.16 bits per heavy atom. The van der Waals surface area contributed by atoms with E-state index in [9.17, 15) is 9.90 Å². The van der Waals surface area contributed by atoms with Gasteiger partial charge in [0.05, 0.1) is 17.6 Å². The number of aliphatic carboxylic acids is 1. The van der Waals surface area contributed by atoms with Crippen molar-refractivity contribution in [3.63, 3.8) is 0 Å². The maximum atomic E-state index is 11.7. The molecular weight excluding hydrogens is 340 g/mol. The van der Waals surface area contributed by atoms with Crippen molar-refractivity contribution in [3.8, 4) is 5.75 Å². The second-order valence-corrected chi connectivity index (χ2v) is 7.05. The van der Waals surface area contributed by atoms with E-state index >= 15 is 0 Å². The SMILES string of the molecule is COc1ccc2ncc(Cl)c(CCCC3(C(=O)[O-])CCNCC3)c2c1. The summed E-state index contributed by atoms with van der Waals surface area (Å²) in [5.41, 5.74) is 1.13. The third-order valence-corrected chi connectivity index (χ3v) is 5.54. The number of ether oxygens (including phenoxy) is 1. The van der Waals surface area contributed by atoms with Crippen LogP contribution < -0.4 is 15.2 Å². The van der Waals surface area contributed by atoms with Crippen LogP contribution in [0.3, 0.4) is 0 Å². The van der Waals surface area contributed by atoms with Crippen molar-refractivity contribution in [2.75, 3.05) is 20.2 Å². The van der Waals surface area contributed by atoms with Crippen LogP contribution in [0.5, 0.6) is 5.75 Å². The first-order chi connectivity index (χ1) is 12.1. The van der Waals surface area contributed by atoms with Crippen LogP contribution in [-0.2, 0) is 11.2 Å². The minimum atomic E-state index is -0.929. The molecule has 5 nitrogen and oxygen atoms in total. The largest absolute Gasteiger partial charge is 0.550 e. The minimum Gasteiger partial charge on any atom is -0.550 e. The lowest BCUT2D eigenvalue weighted by Gasteiger charge is -2.38. The molecule has 0 saturated carbocycles. The molecule has 0 bridgehead atoms. The summed E-state index contributed by atoms with van der Waals surface area (Å²) in [5, 5.41) is 16.5. The molecule has 1 aromatic carbocycles. The zero-order valence-corrected chi connectivity index (χ0v) is 15.1. The monoisotopic (exact) mass is 361 g/mol. The molecule has 2 heterocycles. The number of piperidine rings is 1. The van der Waals surface area contributed by atoms with E-state index in [1.165, 1.54) is 0 Å². The number of benzene rings is 1. The fourth-order valence-corrected chi connectivity index (χ4v) is 3.89. The Hall–Kier alpha value is -1.85. The number of hydrogen-bond donors (Lipinski definition) is 1. The van der Waals surface area contributed by atoms with E-state index in [-0.39, 0.29) is 0 Å². The van der Waals surface area contributed by atoms with Gasteiger partial charge in [0.1, 0.15) is 5.75 Å². The lowest BCUT2D eigenvalue weighted by molar-refractivity contribution is -0.321. The Bertz CT molecular complexity index is 773.